The van der Waals surface area contributed by atoms with E-state index >= 15 is 0 Å². The number of hydrogen-bond donors (Lipinski definition) is 1. The van der Waals surface area contributed by atoms with E-state index in [1.165, 1.54) is 0 Å². The van der Waals surface area contributed by atoms with Gasteiger partial charge < -0.3 is 14.7 Å². The fourth-order valence-corrected chi connectivity index (χ4v) is 5.41. The van der Waals surface area contributed by atoms with Gasteiger partial charge in [0.05, 0.1) is 15.5 Å². The average molecular weight is 489 g/mol. The summed E-state index contributed by atoms with van der Waals surface area (Å²) in [6.07, 6.45) is 3.37. The molecule has 2 aromatic heterocycles. The smallest absolute Gasteiger partial charge is 0.226 e. The van der Waals surface area contributed by atoms with Crippen LogP contribution in [0.25, 0.3) is 10.7 Å². The normalized spacial score (nSPS) is 15.0. The van der Waals surface area contributed by atoms with Gasteiger partial charge in [0.1, 0.15) is 0 Å². The predicted octanol–water partition coefficient (Wildman–Crippen LogP) is 3.70. The van der Waals surface area contributed by atoms with Gasteiger partial charge in [-0.25, -0.2) is 8.42 Å². The number of carbonyl (C=O) groups is 1. The number of piperidine rings is 1. The Balaban J connectivity index is 1.18. The number of thiophene rings is 1. The Labute approximate surface area is 197 Å². The zero-order valence-corrected chi connectivity index (χ0v) is 20.2. The van der Waals surface area contributed by atoms with Crippen molar-refractivity contribution in [2.24, 2.45) is 0 Å². The first-order valence-corrected chi connectivity index (χ1v) is 13.7. The molecule has 1 saturated heterocycles. The molecule has 33 heavy (non-hydrogen) atoms. The van der Waals surface area contributed by atoms with E-state index in [-0.39, 0.29) is 17.7 Å². The molecule has 4 rings (SSSR count). The number of aromatic nitrogens is 2. The lowest BCUT2D eigenvalue weighted by molar-refractivity contribution is -0.122. The van der Waals surface area contributed by atoms with Crippen LogP contribution in [0.1, 0.15) is 38.5 Å². The highest BCUT2D eigenvalue weighted by molar-refractivity contribution is 7.91. The number of carbonyl (C=O) groups excluding carboxylic acids is 1. The maximum atomic E-state index is 12.4. The van der Waals surface area contributed by atoms with Crippen molar-refractivity contribution in [3.8, 4) is 10.7 Å². The summed E-state index contributed by atoms with van der Waals surface area (Å²) in [5.41, 5.74) is 1.01. The molecule has 1 fully saturated rings. The van der Waals surface area contributed by atoms with Crippen LogP contribution in [0.3, 0.4) is 0 Å². The number of benzene rings is 1. The van der Waals surface area contributed by atoms with Gasteiger partial charge in [0.15, 0.2) is 9.84 Å². The molecule has 1 aromatic carbocycles. The quantitative estimate of drug-likeness (QED) is 0.490. The number of sulfone groups is 1. The molecule has 10 heteroatoms. The van der Waals surface area contributed by atoms with Gasteiger partial charge in [0, 0.05) is 37.7 Å². The van der Waals surface area contributed by atoms with E-state index in [1.54, 1.807) is 30.4 Å². The minimum absolute atomic E-state index is 0.0422. The molecule has 0 saturated carbocycles. The lowest BCUT2D eigenvalue weighted by Gasteiger charge is -2.34. The average Bonchev–Trinajstić information content (AvgIpc) is 3.52. The first kappa shape index (κ1) is 23.4. The van der Waals surface area contributed by atoms with Crippen LogP contribution < -0.4 is 10.2 Å². The van der Waals surface area contributed by atoms with Gasteiger partial charge in [0.25, 0.3) is 0 Å². The van der Waals surface area contributed by atoms with Crippen LogP contribution in [0.15, 0.2) is 51.2 Å². The van der Waals surface area contributed by atoms with E-state index < -0.39 is 9.84 Å². The van der Waals surface area contributed by atoms with Gasteiger partial charge in [-0.2, -0.15) is 4.98 Å². The molecule has 0 spiro atoms. The number of aryl methyl sites for hydroxylation is 1. The minimum Gasteiger partial charge on any atom is -0.371 e. The van der Waals surface area contributed by atoms with Crippen molar-refractivity contribution in [1.82, 2.24) is 15.5 Å². The first-order valence-electron chi connectivity index (χ1n) is 11.2. The predicted molar refractivity (Wildman–Crippen MR) is 128 cm³/mol. The van der Waals surface area contributed by atoms with Gasteiger partial charge in [-0.1, -0.05) is 18.1 Å². The van der Waals surface area contributed by atoms with Gasteiger partial charge in [-0.3, -0.25) is 4.79 Å². The molecule has 8 nitrogen and oxygen atoms in total. The third-order valence-corrected chi connectivity index (χ3v) is 8.42. The standard InChI is InChI=1S/C23H28N4O4S2/c1-2-33(29,30)19-10-8-18(9-11-19)27-14-12-17(13-15-27)24-21(28)6-3-7-22-25-23(26-31-22)20-5-4-16-32-20/h4-5,8-11,16-17H,2-3,6-7,12-15H2,1H3,(H,24,28). The Hall–Kier alpha value is -2.72. The van der Waals surface area contributed by atoms with E-state index in [0.717, 1.165) is 36.5 Å². The SMILES string of the molecule is CCS(=O)(=O)c1ccc(N2CCC(NC(=O)CCCc3nc(-c4cccs4)no3)CC2)cc1. The second-order valence-corrected chi connectivity index (χ2v) is 11.3. The molecule has 0 aliphatic carbocycles. The topological polar surface area (TPSA) is 105 Å². The van der Waals surface area contributed by atoms with Crippen LogP contribution in [-0.2, 0) is 21.1 Å². The zero-order valence-electron chi connectivity index (χ0n) is 18.6. The number of anilines is 1. The number of nitrogens with zero attached hydrogens (tertiary/aromatic N) is 3. The van der Waals surface area contributed by atoms with Crippen LogP contribution in [0.5, 0.6) is 0 Å². The highest BCUT2D eigenvalue weighted by atomic mass is 32.2. The summed E-state index contributed by atoms with van der Waals surface area (Å²) in [6, 6.07) is 11.1. The Bertz CT molecular complexity index is 1150. The Morgan fingerprint density at radius 1 is 1.21 bits per heavy atom. The van der Waals surface area contributed by atoms with Crippen molar-refractivity contribution in [3.63, 3.8) is 0 Å². The monoisotopic (exact) mass is 488 g/mol. The van der Waals surface area contributed by atoms with Gasteiger partial charge in [-0.15, -0.1) is 11.3 Å². The van der Waals surface area contributed by atoms with Gasteiger partial charge in [0.2, 0.25) is 17.6 Å². The summed E-state index contributed by atoms with van der Waals surface area (Å²) >= 11 is 1.56. The van der Waals surface area contributed by atoms with Crippen LogP contribution in [-0.4, -0.2) is 49.3 Å². The molecule has 176 valence electrons. The molecule has 1 aliphatic heterocycles. The lowest BCUT2D eigenvalue weighted by atomic mass is 10.0. The van der Waals surface area contributed by atoms with Crippen LogP contribution in [0.2, 0.25) is 0 Å². The molecule has 1 aliphatic rings. The van der Waals surface area contributed by atoms with E-state index in [2.05, 4.69) is 20.4 Å². The molecular formula is C23H28N4O4S2. The molecule has 1 amide bonds. The molecular weight excluding hydrogens is 460 g/mol. The van der Waals surface area contributed by atoms with E-state index in [4.69, 9.17) is 4.52 Å². The summed E-state index contributed by atoms with van der Waals surface area (Å²) in [4.78, 5) is 20.3. The highest BCUT2D eigenvalue weighted by Crippen LogP contribution is 2.23. The summed E-state index contributed by atoms with van der Waals surface area (Å²) in [5, 5.41) is 9.09. The largest absolute Gasteiger partial charge is 0.371 e. The summed E-state index contributed by atoms with van der Waals surface area (Å²) in [7, 11) is -3.18. The second-order valence-electron chi connectivity index (χ2n) is 8.07. The van der Waals surface area contributed by atoms with Crippen molar-refractivity contribution in [3.05, 3.63) is 47.7 Å². The van der Waals surface area contributed by atoms with E-state index in [0.29, 0.717) is 35.9 Å². The Morgan fingerprint density at radius 2 is 1.97 bits per heavy atom. The molecule has 3 heterocycles. The van der Waals surface area contributed by atoms with Crippen molar-refractivity contribution in [2.45, 2.75) is 50.0 Å². The van der Waals surface area contributed by atoms with Crippen molar-refractivity contribution in [1.29, 1.82) is 0 Å². The molecule has 1 N–H and O–H groups in total. The molecule has 3 aromatic rings. The van der Waals surface area contributed by atoms with Gasteiger partial charge in [-0.05, 0) is 55.0 Å². The third kappa shape index (κ3) is 6.00. The summed E-state index contributed by atoms with van der Waals surface area (Å²) < 4.78 is 29.2. The molecule has 0 atom stereocenters. The highest BCUT2D eigenvalue weighted by Gasteiger charge is 2.21. The zero-order chi connectivity index (χ0) is 23.3. The lowest BCUT2D eigenvalue weighted by Crippen LogP contribution is -2.44. The molecule has 0 radical (unpaired) electrons. The number of rotatable bonds is 9. The Morgan fingerprint density at radius 3 is 2.64 bits per heavy atom. The van der Waals surface area contributed by atoms with Crippen LogP contribution >= 0.6 is 11.3 Å². The summed E-state index contributed by atoms with van der Waals surface area (Å²) in [5.74, 6) is 1.29. The first-order chi connectivity index (χ1) is 15.9. The second kappa shape index (κ2) is 10.5. The van der Waals surface area contributed by atoms with E-state index in [1.807, 2.05) is 29.6 Å². The molecule has 0 bridgehead atoms. The van der Waals surface area contributed by atoms with Gasteiger partial charge >= 0.3 is 0 Å². The van der Waals surface area contributed by atoms with E-state index in [9.17, 15) is 13.2 Å². The van der Waals surface area contributed by atoms with Crippen molar-refractivity contribution in [2.75, 3.05) is 23.7 Å². The minimum atomic E-state index is -3.18. The Kier molecular flexibility index (Phi) is 7.44. The number of nitrogens with one attached hydrogen (secondary N) is 1. The summed E-state index contributed by atoms with van der Waals surface area (Å²) in [6.45, 7) is 3.28. The molecule has 0 unspecified atom stereocenters. The third-order valence-electron chi connectivity index (χ3n) is 5.81. The van der Waals surface area contributed by atoms with Crippen molar-refractivity contribution >= 4 is 32.8 Å². The number of hydrogen-bond acceptors (Lipinski definition) is 8. The maximum Gasteiger partial charge on any atom is 0.226 e. The van der Waals surface area contributed by atoms with Crippen LogP contribution in [0.4, 0.5) is 5.69 Å². The maximum absolute atomic E-state index is 12.4. The number of amides is 1. The van der Waals surface area contributed by atoms with Crippen LogP contribution in [0, 0.1) is 0 Å². The fraction of sp³-hybridized carbons (Fsp3) is 0.435. The fourth-order valence-electron chi connectivity index (χ4n) is 3.88. The van der Waals surface area contributed by atoms with Crippen molar-refractivity contribution < 1.29 is 17.7 Å².